The third-order valence-corrected chi connectivity index (χ3v) is 7.41. The summed E-state index contributed by atoms with van der Waals surface area (Å²) in [5.74, 6) is 1.47. The smallest absolute Gasteiger partial charge is 0.225 e. The predicted molar refractivity (Wildman–Crippen MR) is 120 cm³/mol. The van der Waals surface area contributed by atoms with Gasteiger partial charge in [-0.1, -0.05) is 49.2 Å². The summed E-state index contributed by atoms with van der Waals surface area (Å²) in [6, 6.07) is 14.5. The van der Waals surface area contributed by atoms with Gasteiger partial charge in [-0.25, -0.2) is 4.68 Å². The Hall–Kier alpha value is -2.58. The van der Waals surface area contributed by atoms with Crippen LogP contribution in [0.15, 0.2) is 47.8 Å². The van der Waals surface area contributed by atoms with Crippen molar-refractivity contribution in [2.24, 2.45) is 5.92 Å². The Morgan fingerprint density at radius 1 is 1.03 bits per heavy atom. The number of benzene rings is 1. The SMILES string of the molecule is O=C(C1CCCC1)N1CCN([C@@H](c2cccs2)c2nnnn2Cc2ccccc2)CC1. The van der Waals surface area contributed by atoms with Gasteiger partial charge in [0.15, 0.2) is 5.82 Å². The number of carbonyl (C=O) groups excluding carboxylic acids is 1. The number of tetrazole rings is 1. The van der Waals surface area contributed by atoms with E-state index in [1.54, 1.807) is 11.3 Å². The van der Waals surface area contributed by atoms with Crippen molar-refractivity contribution >= 4 is 17.2 Å². The fraction of sp³-hybridized carbons (Fsp3) is 0.478. The van der Waals surface area contributed by atoms with Crippen molar-refractivity contribution in [3.63, 3.8) is 0 Å². The lowest BCUT2D eigenvalue weighted by Crippen LogP contribution is -2.51. The largest absolute Gasteiger partial charge is 0.340 e. The number of aromatic nitrogens is 4. The van der Waals surface area contributed by atoms with Crippen LogP contribution in [0, 0.1) is 5.92 Å². The first-order valence-electron chi connectivity index (χ1n) is 11.2. The first kappa shape index (κ1) is 20.3. The topological polar surface area (TPSA) is 67.2 Å². The Morgan fingerprint density at radius 2 is 1.81 bits per heavy atom. The minimum atomic E-state index is 0.00226. The molecule has 31 heavy (non-hydrogen) atoms. The van der Waals surface area contributed by atoms with Gasteiger partial charge in [-0.05, 0) is 40.3 Å². The lowest BCUT2D eigenvalue weighted by atomic mass is 10.1. The molecule has 5 rings (SSSR count). The third-order valence-electron chi connectivity index (χ3n) is 6.49. The number of piperazine rings is 1. The van der Waals surface area contributed by atoms with E-state index in [1.165, 1.54) is 23.3 Å². The van der Waals surface area contributed by atoms with Crippen molar-refractivity contribution in [3.8, 4) is 0 Å². The van der Waals surface area contributed by atoms with Crippen molar-refractivity contribution in [2.45, 2.75) is 38.3 Å². The maximum Gasteiger partial charge on any atom is 0.225 e. The Balaban J connectivity index is 1.34. The highest BCUT2D eigenvalue weighted by Crippen LogP contribution is 2.32. The summed E-state index contributed by atoms with van der Waals surface area (Å²) < 4.78 is 1.91. The van der Waals surface area contributed by atoms with Gasteiger partial charge < -0.3 is 4.90 Å². The highest BCUT2D eigenvalue weighted by molar-refractivity contribution is 7.10. The Labute approximate surface area is 186 Å². The first-order valence-corrected chi connectivity index (χ1v) is 12.0. The van der Waals surface area contributed by atoms with E-state index >= 15 is 0 Å². The van der Waals surface area contributed by atoms with E-state index in [0.717, 1.165) is 44.8 Å². The average molecular weight is 437 g/mol. The maximum atomic E-state index is 12.9. The summed E-state index contributed by atoms with van der Waals surface area (Å²) in [5.41, 5.74) is 1.17. The molecule has 0 radical (unpaired) electrons. The molecule has 2 fully saturated rings. The van der Waals surface area contributed by atoms with Gasteiger partial charge in [0.05, 0.1) is 6.54 Å². The quantitative estimate of drug-likeness (QED) is 0.594. The molecule has 3 heterocycles. The van der Waals surface area contributed by atoms with Crippen molar-refractivity contribution in [1.82, 2.24) is 30.0 Å². The van der Waals surface area contributed by atoms with Gasteiger partial charge in [-0.15, -0.1) is 16.4 Å². The van der Waals surface area contributed by atoms with Crippen LogP contribution in [0.2, 0.25) is 0 Å². The summed E-state index contributed by atoms with van der Waals surface area (Å²) >= 11 is 1.73. The van der Waals surface area contributed by atoms with Crippen molar-refractivity contribution in [1.29, 1.82) is 0 Å². The molecule has 2 aliphatic rings. The van der Waals surface area contributed by atoms with E-state index in [0.29, 0.717) is 12.5 Å². The molecule has 1 aromatic carbocycles. The standard InChI is InChI=1S/C23H28N6OS/c30-23(19-9-4-5-10-19)28-14-12-27(13-15-28)21(20-11-6-16-31-20)22-24-25-26-29(22)17-18-7-2-1-3-8-18/h1-3,6-8,11,16,19,21H,4-5,9-10,12-15,17H2/t21-/m0/s1. The van der Waals surface area contributed by atoms with Gasteiger partial charge in [0.1, 0.15) is 6.04 Å². The monoisotopic (exact) mass is 436 g/mol. The van der Waals surface area contributed by atoms with Gasteiger partial charge in [0.2, 0.25) is 5.91 Å². The Kier molecular flexibility index (Phi) is 6.08. The molecule has 2 aromatic heterocycles. The second kappa shape index (κ2) is 9.28. The van der Waals surface area contributed by atoms with E-state index in [1.807, 2.05) is 22.9 Å². The number of hydrogen-bond donors (Lipinski definition) is 0. The van der Waals surface area contributed by atoms with Crippen molar-refractivity contribution < 1.29 is 4.79 Å². The molecule has 0 bridgehead atoms. The average Bonchev–Trinajstić information content (AvgIpc) is 3.59. The highest BCUT2D eigenvalue weighted by Gasteiger charge is 2.34. The van der Waals surface area contributed by atoms with Gasteiger partial charge in [-0.2, -0.15) is 0 Å². The van der Waals surface area contributed by atoms with Crippen molar-refractivity contribution in [2.75, 3.05) is 26.2 Å². The molecule has 3 aromatic rings. The number of nitrogens with zero attached hydrogens (tertiary/aromatic N) is 6. The summed E-state index contributed by atoms with van der Waals surface area (Å²) in [6.45, 7) is 3.86. The zero-order chi connectivity index (χ0) is 21.0. The van der Waals surface area contributed by atoms with Crippen LogP contribution in [0.3, 0.4) is 0 Å². The molecule has 1 aliphatic heterocycles. The first-order chi connectivity index (χ1) is 15.3. The zero-order valence-electron chi connectivity index (χ0n) is 17.6. The molecule has 0 N–H and O–H groups in total. The molecule has 1 aliphatic carbocycles. The summed E-state index contributed by atoms with van der Waals surface area (Å²) in [7, 11) is 0. The minimum Gasteiger partial charge on any atom is -0.340 e. The van der Waals surface area contributed by atoms with Crippen LogP contribution in [0.25, 0.3) is 0 Å². The minimum absolute atomic E-state index is 0.00226. The molecular formula is C23H28N6OS. The number of hydrogen-bond acceptors (Lipinski definition) is 6. The van der Waals surface area contributed by atoms with Crippen molar-refractivity contribution in [3.05, 3.63) is 64.1 Å². The zero-order valence-corrected chi connectivity index (χ0v) is 18.5. The molecule has 162 valence electrons. The normalized spacial score (nSPS) is 19.0. The van der Waals surface area contributed by atoms with Crippen LogP contribution >= 0.6 is 11.3 Å². The molecule has 1 saturated heterocycles. The van der Waals surface area contributed by atoms with Crippen LogP contribution in [0.4, 0.5) is 0 Å². The molecular weight excluding hydrogens is 408 g/mol. The van der Waals surface area contributed by atoms with Crippen LogP contribution in [0.5, 0.6) is 0 Å². The predicted octanol–water partition coefficient (Wildman–Crippen LogP) is 3.21. The van der Waals surface area contributed by atoms with E-state index < -0.39 is 0 Å². The molecule has 7 nitrogen and oxygen atoms in total. The fourth-order valence-corrected chi connectivity index (χ4v) is 5.68. The van der Waals surface area contributed by atoms with Crippen LogP contribution in [-0.4, -0.2) is 62.1 Å². The van der Waals surface area contributed by atoms with Crippen LogP contribution < -0.4 is 0 Å². The molecule has 1 saturated carbocycles. The van der Waals surface area contributed by atoms with Crippen LogP contribution in [-0.2, 0) is 11.3 Å². The van der Waals surface area contributed by atoms with Crippen LogP contribution in [0.1, 0.15) is 48.0 Å². The van der Waals surface area contributed by atoms with Gasteiger partial charge in [0, 0.05) is 37.0 Å². The number of amides is 1. The number of thiophene rings is 1. The molecule has 0 unspecified atom stereocenters. The molecule has 8 heteroatoms. The molecule has 1 atom stereocenters. The lowest BCUT2D eigenvalue weighted by Gasteiger charge is -2.39. The second-order valence-corrected chi connectivity index (χ2v) is 9.42. The molecule has 1 amide bonds. The Morgan fingerprint density at radius 3 is 2.52 bits per heavy atom. The fourth-order valence-electron chi connectivity index (χ4n) is 4.83. The third kappa shape index (κ3) is 4.41. The van der Waals surface area contributed by atoms with E-state index in [4.69, 9.17) is 0 Å². The van der Waals surface area contributed by atoms with Gasteiger partial charge >= 0.3 is 0 Å². The summed E-state index contributed by atoms with van der Waals surface area (Å²) in [4.78, 5) is 18.6. The second-order valence-electron chi connectivity index (χ2n) is 8.44. The maximum absolute atomic E-state index is 12.9. The van der Waals surface area contributed by atoms with E-state index in [-0.39, 0.29) is 12.0 Å². The highest BCUT2D eigenvalue weighted by atomic mass is 32.1. The van der Waals surface area contributed by atoms with Gasteiger partial charge in [0.25, 0.3) is 0 Å². The lowest BCUT2D eigenvalue weighted by molar-refractivity contribution is -0.137. The number of rotatable bonds is 6. The van der Waals surface area contributed by atoms with E-state index in [9.17, 15) is 4.79 Å². The summed E-state index contributed by atoms with van der Waals surface area (Å²) in [6.07, 6.45) is 4.51. The summed E-state index contributed by atoms with van der Waals surface area (Å²) in [5, 5.41) is 14.9. The molecule has 0 spiro atoms. The van der Waals surface area contributed by atoms with Gasteiger partial charge in [-0.3, -0.25) is 9.69 Å². The number of carbonyl (C=O) groups is 1. The Bertz CT molecular complexity index is 975. The van der Waals surface area contributed by atoms with E-state index in [2.05, 4.69) is 55.0 Å².